The predicted molar refractivity (Wildman–Crippen MR) is 46.2 cm³/mol. The highest BCUT2D eigenvalue weighted by Crippen LogP contribution is 2.48. The molecule has 2 N–H and O–H groups in total. The van der Waals surface area contributed by atoms with Gasteiger partial charge in [0, 0.05) is 17.7 Å². The fourth-order valence-corrected chi connectivity index (χ4v) is 1.77. The lowest BCUT2D eigenvalue weighted by molar-refractivity contribution is 0.521. The minimum Gasteiger partial charge on any atom is -0.330 e. The molecule has 0 spiro atoms. The number of hydrogen-bond acceptors (Lipinski definition) is 1. The van der Waals surface area contributed by atoms with Gasteiger partial charge in [-0.3, -0.25) is 0 Å². The molecule has 2 rings (SSSR count). The molecule has 0 aromatic heterocycles. The molecule has 76 valence electrons. The zero-order valence-corrected chi connectivity index (χ0v) is 7.43. The van der Waals surface area contributed by atoms with Gasteiger partial charge in [0.1, 0.15) is 17.5 Å². The third-order valence-corrected chi connectivity index (χ3v) is 2.64. The van der Waals surface area contributed by atoms with E-state index < -0.39 is 17.5 Å². The van der Waals surface area contributed by atoms with Crippen molar-refractivity contribution in [1.82, 2.24) is 0 Å². The van der Waals surface area contributed by atoms with E-state index in [1.54, 1.807) is 0 Å². The van der Waals surface area contributed by atoms with Crippen molar-refractivity contribution in [3.8, 4) is 0 Å². The van der Waals surface area contributed by atoms with Crippen LogP contribution in [0.15, 0.2) is 12.1 Å². The summed E-state index contributed by atoms with van der Waals surface area (Å²) in [7, 11) is 0. The van der Waals surface area contributed by atoms with Crippen molar-refractivity contribution < 1.29 is 13.2 Å². The van der Waals surface area contributed by atoms with Crippen LogP contribution in [0.4, 0.5) is 13.2 Å². The largest absolute Gasteiger partial charge is 0.330 e. The van der Waals surface area contributed by atoms with E-state index in [1.165, 1.54) is 0 Å². The topological polar surface area (TPSA) is 26.0 Å². The predicted octanol–water partition coefficient (Wildman–Crippen LogP) is 2.17. The van der Waals surface area contributed by atoms with Crippen molar-refractivity contribution in [2.24, 2.45) is 11.7 Å². The van der Waals surface area contributed by atoms with Gasteiger partial charge in [-0.05, 0) is 24.8 Å². The summed E-state index contributed by atoms with van der Waals surface area (Å²) in [6.07, 6.45) is 0.690. The zero-order chi connectivity index (χ0) is 10.3. The van der Waals surface area contributed by atoms with Gasteiger partial charge in [-0.15, -0.1) is 0 Å². The van der Waals surface area contributed by atoms with Gasteiger partial charge in [0.05, 0.1) is 0 Å². The van der Waals surface area contributed by atoms with Crippen LogP contribution in [0.2, 0.25) is 0 Å². The van der Waals surface area contributed by atoms with Gasteiger partial charge >= 0.3 is 0 Å². The highest BCUT2D eigenvalue weighted by molar-refractivity contribution is 5.29. The van der Waals surface area contributed by atoms with E-state index in [1.807, 2.05) is 0 Å². The summed E-state index contributed by atoms with van der Waals surface area (Å²) in [5, 5.41) is 0. The Labute approximate surface area is 79.7 Å². The Bertz CT molecular complexity index is 341. The van der Waals surface area contributed by atoms with Crippen LogP contribution in [0.3, 0.4) is 0 Å². The lowest BCUT2D eigenvalue weighted by Gasteiger charge is -2.03. The van der Waals surface area contributed by atoms with Gasteiger partial charge < -0.3 is 5.73 Å². The van der Waals surface area contributed by atoms with Crippen LogP contribution in [0, 0.1) is 23.4 Å². The van der Waals surface area contributed by atoms with E-state index in [0.29, 0.717) is 25.1 Å². The number of halogens is 3. The molecule has 0 saturated heterocycles. The maximum atomic E-state index is 13.2. The Hall–Kier alpha value is -1.03. The summed E-state index contributed by atoms with van der Waals surface area (Å²) in [5.74, 6) is -2.51. The van der Waals surface area contributed by atoms with Crippen LogP contribution in [-0.4, -0.2) is 6.54 Å². The Morgan fingerprint density at radius 1 is 1.21 bits per heavy atom. The second kappa shape index (κ2) is 3.28. The van der Waals surface area contributed by atoms with Crippen molar-refractivity contribution in [3.63, 3.8) is 0 Å². The minimum absolute atomic E-state index is 0.0122. The maximum absolute atomic E-state index is 13.2. The summed E-state index contributed by atoms with van der Waals surface area (Å²) in [5.41, 5.74) is 5.36. The Balaban J connectivity index is 2.34. The molecule has 4 heteroatoms. The van der Waals surface area contributed by atoms with Gasteiger partial charge in [-0.1, -0.05) is 0 Å². The molecule has 0 aliphatic heterocycles. The van der Waals surface area contributed by atoms with Crippen molar-refractivity contribution >= 4 is 0 Å². The second-order valence-electron chi connectivity index (χ2n) is 3.62. The molecule has 2 atom stereocenters. The van der Waals surface area contributed by atoms with E-state index in [-0.39, 0.29) is 17.4 Å². The fourth-order valence-electron chi connectivity index (χ4n) is 1.77. The summed E-state index contributed by atoms with van der Waals surface area (Å²) >= 11 is 0. The van der Waals surface area contributed by atoms with Crippen molar-refractivity contribution in [1.29, 1.82) is 0 Å². The molecule has 1 aromatic rings. The quantitative estimate of drug-likeness (QED) is 0.779. The molecule has 1 nitrogen and oxygen atoms in total. The Morgan fingerprint density at radius 3 is 2.21 bits per heavy atom. The van der Waals surface area contributed by atoms with Crippen LogP contribution in [0.1, 0.15) is 17.9 Å². The highest BCUT2D eigenvalue weighted by Gasteiger charge is 2.40. The summed E-state index contributed by atoms with van der Waals surface area (Å²) in [6, 6.07) is 1.43. The van der Waals surface area contributed by atoms with E-state index in [9.17, 15) is 13.2 Å². The molecule has 0 radical (unpaired) electrons. The maximum Gasteiger partial charge on any atom is 0.132 e. The molecule has 14 heavy (non-hydrogen) atoms. The average molecular weight is 201 g/mol. The van der Waals surface area contributed by atoms with Gasteiger partial charge in [0.2, 0.25) is 0 Å². The molecule has 0 bridgehead atoms. The molecule has 1 aliphatic carbocycles. The summed E-state index contributed by atoms with van der Waals surface area (Å²) in [4.78, 5) is 0. The smallest absolute Gasteiger partial charge is 0.132 e. The molecule has 0 heterocycles. The molecule has 0 amide bonds. The highest BCUT2D eigenvalue weighted by atomic mass is 19.1. The van der Waals surface area contributed by atoms with Gasteiger partial charge in [-0.2, -0.15) is 0 Å². The summed E-state index contributed by atoms with van der Waals surface area (Å²) in [6.45, 7) is 0.418. The SMILES string of the molecule is NCC1CC1c1c(F)cc(F)cc1F. The molecule has 1 fully saturated rings. The number of rotatable bonds is 2. The second-order valence-corrected chi connectivity index (χ2v) is 3.62. The van der Waals surface area contributed by atoms with Crippen LogP contribution in [0.25, 0.3) is 0 Å². The first-order valence-electron chi connectivity index (χ1n) is 4.48. The van der Waals surface area contributed by atoms with Gasteiger partial charge in [-0.25, -0.2) is 13.2 Å². The van der Waals surface area contributed by atoms with Crippen LogP contribution in [-0.2, 0) is 0 Å². The average Bonchev–Trinajstić information content (AvgIpc) is 2.81. The zero-order valence-electron chi connectivity index (χ0n) is 7.43. The molecule has 1 aliphatic rings. The Morgan fingerprint density at radius 2 is 1.79 bits per heavy atom. The third-order valence-electron chi connectivity index (χ3n) is 2.64. The minimum atomic E-state index is -0.881. The van der Waals surface area contributed by atoms with Crippen LogP contribution < -0.4 is 5.73 Å². The summed E-state index contributed by atoms with van der Waals surface area (Å²) < 4.78 is 38.9. The van der Waals surface area contributed by atoms with Crippen molar-refractivity contribution in [2.75, 3.05) is 6.54 Å². The first-order chi connectivity index (χ1) is 6.63. The number of hydrogen-bond donors (Lipinski definition) is 1. The molecular weight excluding hydrogens is 191 g/mol. The number of nitrogens with two attached hydrogens (primary N) is 1. The first-order valence-corrected chi connectivity index (χ1v) is 4.48. The molecule has 1 saturated carbocycles. The lowest BCUT2D eigenvalue weighted by atomic mass is 10.1. The monoisotopic (exact) mass is 201 g/mol. The standard InChI is InChI=1S/C10H10F3N/c11-6-2-8(12)10(9(13)3-6)7-1-5(7)4-14/h2-3,5,7H,1,4,14H2. The van der Waals surface area contributed by atoms with E-state index in [4.69, 9.17) is 5.73 Å². The van der Waals surface area contributed by atoms with Crippen LogP contribution in [0.5, 0.6) is 0 Å². The van der Waals surface area contributed by atoms with Crippen molar-refractivity contribution in [2.45, 2.75) is 12.3 Å². The first kappa shape index (κ1) is 9.52. The molecule has 1 aromatic carbocycles. The van der Waals surface area contributed by atoms with Crippen molar-refractivity contribution in [3.05, 3.63) is 35.1 Å². The van der Waals surface area contributed by atoms with E-state index >= 15 is 0 Å². The molecular formula is C10H10F3N. The third kappa shape index (κ3) is 1.50. The van der Waals surface area contributed by atoms with Crippen LogP contribution >= 0.6 is 0 Å². The van der Waals surface area contributed by atoms with E-state index in [2.05, 4.69) is 0 Å². The Kier molecular flexibility index (Phi) is 2.23. The molecule has 2 unspecified atom stereocenters. The number of benzene rings is 1. The lowest BCUT2D eigenvalue weighted by Crippen LogP contribution is -2.04. The fraction of sp³-hybridized carbons (Fsp3) is 0.400. The normalized spacial score (nSPS) is 25.1. The van der Waals surface area contributed by atoms with E-state index in [0.717, 1.165) is 0 Å². The van der Waals surface area contributed by atoms with Gasteiger partial charge in [0.15, 0.2) is 0 Å². The van der Waals surface area contributed by atoms with Gasteiger partial charge in [0.25, 0.3) is 0 Å².